The Labute approximate surface area is 120 Å². The lowest BCUT2D eigenvalue weighted by molar-refractivity contribution is -0.131. The highest BCUT2D eigenvalue weighted by Crippen LogP contribution is 2.25. The molecule has 0 bridgehead atoms. The van der Waals surface area contributed by atoms with E-state index in [0.29, 0.717) is 6.54 Å². The van der Waals surface area contributed by atoms with Crippen molar-refractivity contribution in [3.63, 3.8) is 0 Å². The first-order valence-corrected chi connectivity index (χ1v) is 7.32. The molecule has 1 amide bonds. The van der Waals surface area contributed by atoms with E-state index in [4.69, 9.17) is 5.11 Å². The van der Waals surface area contributed by atoms with E-state index >= 15 is 0 Å². The van der Waals surface area contributed by atoms with E-state index in [1.54, 1.807) is 0 Å². The number of benzene rings is 1. The van der Waals surface area contributed by atoms with Crippen LogP contribution >= 0.6 is 0 Å². The van der Waals surface area contributed by atoms with Crippen LogP contribution < -0.4 is 10.6 Å². The number of nitrogens with one attached hydrogen (secondary N) is 2. The highest BCUT2D eigenvalue weighted by Gasteiger charge is 2.34. The Balaban J connectivity index is 1.78. The summed E-state index contributed by atoms with van der Waals surface area (Å²) in [5.74, 6) is 0.150. The summed E-state index contributed by atoms with van der Waals surface area (Å²) in [5.41, 5.74) is 1.83. The molecule has 0 aromatic heterocycles. The predicted octanol–water partition coefficient (Wildman–Crippen LogP) is 1.23. The van der Waals surface area contributed by atoms with Crippen molar-refractivity contribution < 1.29 is 9.90 Å². The fourth-order valence-corrected chi connectivity index (χ4v) is 2.60. The SMILES string of the molecule is CC1(C(=O)NCCc2ccc(CO)cc2)CCCNC1. The minimum Gasteiger partial charge on any atom is -0.392 e. The van der Waals surface area contributed by atoms with Crippen molar-refractivity contribution in [1.29, 1.82) is 0 Å². The standard InChI is InChI=1S/C16H24N2O2/c1-16(8-2-9-17-12-16)15(20)18-10-7-13-3-5-14(11-19)6-4-13/h3-6,17,19H,2,7-12H2,1H3,(H,18,20). The van der Waals surface area contributed by atoms with E-state index < -0.39 is 0 Å². The van der Waals surface area contributed by atoms with Crippen LogP contribution in [-0.4, -0.2) is 30.6 Å². The molecule has 1 aliphatic heterocycles. The van der Waals surface area contributed by atoms with Gasteiger partial charge in [0, 0.05) is 13.1 Å². The second kappa shape index (κ2) is 6.86. The summed E-state index contributed by atoms with van der Waals surface area (Å²) in [5, 5.41) is 15.3. The molecule has 1 aliphatic rings. The van der Waals surface area contributed by atoms with E-state index in [9.17, 15) is 4.79 Å². The van der Waals surface area contributed by atoms with Gasteiger partial charge in [-0.3, -0.25) is 4.79 Å². The number of hydrogen-bond acceptors (Lipinski definition) is 3. The van der Waals surface area contributed by atoms with Crippen molar-refractivity contribution >= 4 is 5.91 Å². The summed E-state index contributed by atoms with van der Waals surface area (Å²) in [6.07, 6.45) is 2.84. The smallest absolute Gasteiger partial charge is 0.227 e. The number of carbonyl (C=O) groups is 1. The Kier molecular flexibility index (Phi) is 5.15. The van der Waals surface area contributed by atoms with Gasteiger partial charge in [-0.1, -0.05) is 24.3 Å². The van der Waals surface area contributed by atoms with Crippen LogP contribution in [0.1, 0.15) is 30.9 Å². The van der Waals surface area contributed by atoms with Crippen LogP contribution in [0.15, 0.2) is 24.3 Å². The van der Waals surface area contributed by atoms with Crippen molar-refractivity contribution in [2.24, 2.45) is 5.41 Å². The maximum Gasteiger partial charge on any atom is 0.227 e. The monoisotopic (exact) mass is 276 g/mol. The fourth-order valence-electron chi connectivity index (χ4n) is 2.60. The van der Waals surface area contributed by atoms with Gasteiger partial charge in [-0.25, -0.2) is 0 Å². The summed E-state index contributed by atoms with van der Waals surface area (Å²) < 4.78 is 0. The van der Waals surface area contributed by atoms with Gasteiger partial charge in [-0.2, -0.15) is 0 Å². The maximum absolute atomic E-state index is 12.2. The van der Waals surface area contributed by atoms with Crippen LogP contribution in [0.5, 0.6) is 0 Å². The Morgan fingerprint density at radius 3 is 2.65 bits per heavy atom. The molecule has 1 atom stereocenters. The number of hydrogen-bond donors (Lipinski definition) is 3. The lowest BCUT2D eigenvalue weighted by atomic mass is 9.82. The third-order valence-corrected chi connectivity index (χ3v) is 4.05. The van der Waals surface area contributed by atoms with Gasteiger partial charge in [0.1, 0.15) is 0 Å². The van der Waals surface area contributed by atoms with Crippen molar-refractivity contribution in [3.05, 3.63) is 35.4 Å². The first-order valence-electron chi connectivity index (χ1n) is 7.32. The first-order chi connectivity index (χ1) is 9.64. The number of aliphatic hydroxyl groups excluding tert-OH is 1. The number of carbonyl (C=O) groups excluding carboxylic acids is 1. The zero-order chi connectivity index (χ0) is 14.4. The summed E-state index contributed by atoms with van der Waals surface area (Å²) >= 11 is 0. The minimum atomic E-state index is -0.265. The summed E-state index contributed by atoms with van der Waals surface area (Å²) in [4.78, 5) is 12.2. The van der Waals surface area contributed by atoms with Crippen LogP contribution in [0.4, 0.5) is 0 Å². The molecule has 0 saturated carbocycles. The third-order valence-electron chi connectivity index (χ3n) is 4.05. The maximum atomic E-state index is 12.2. The molecule has 1 unspecified atom stereocenters. The van der Waals surface area contributed by atoms with Crippen molar-refractivity contribution in [2.75, 3.05) is 19.6 Å². The predicted molar refractivity (Wildman–Crippen MR) is 79.3 cm³/mol. The third kappa shape index (κ3) is 3.81. The molecule has 0 aliphatic carbocycles. The molecule has 2 rings (SSSR count). The van der Waals surface area contributed by atoms with Gasteiger partial charge in [0.05, 0.1) is 12.0 Å². The normalized spacial score (nSPS) is 22.5. The van der Waals surface area contributed by atoms with Gasteiger partial charge >= 0.3 is 0 Å². The largest absolute Gasteiger partial charge is 0.392 e. The minimum absolute atomic E-state index is 0.0718. The molecule has 110 valence electrons. The summed E-state index contributed by atoms with van der Waals surface area (Å²) in [6.45, 7) is 4.55. The Morgan fingerprint density at radius 1 is 1.35 bits per heavy atom. The second-order valence-corrected chi connectivity index (χ2v) is 5.82. The quantitative estimate of drug-likeness (QED) is 0.758. The van der Waals surface area contributed by atoms with Crippen LogP contribution in [-0.2, 0) is 17.8 Å². The van der Waals surface area contributed by atoms with Gasteiger partial charge in [-0.05, 0) is 43.9 Å². The van der Waals surface area contributed by atoms with Crippen LogP contribution in [0.3, 0.4) is 0 Å². The van der Waals surface area contributed by atoms with Crippen LogP contribution in [0, 0.1) is 5.41 Å². The summed E-state index contributed by atoms with van der Waals surface area (Å²) in [6, 6.07) is 7.84. The van der Waals surface area contributed by atoms with E-state index in [1.165, 1.54) is 5.56 Å². The molecule has 20 heavy (non-hydrogen) atoms. The van der Waals surface area contributed by atoms with Gasteiger partial charge in [0.25, 0.3) is 0 Å². The first kappa shape index (κ1) is 15.0. The molecular formula is C16H24N2O2. The molecule has 1 aromatic rings. The van der Waals surface area contributed by atoms with Gasteiger partial charge in [0.2, 0.25) is 5.91 Å². The molecule has 1 aromatic carbocycles. The molecule has 1 fully saturated rings. The van der Waals surface area contributed by atoms with Crippen molar-refractivity contribution in [2.45, 2.75) is 32.8 Å². The highest BCUT2D eigenvalue weighted by atomic mass is 16.3. The van der Waals surface area contributed by atoms with E-state index in [1.807, 2.05) is 31.2 Å². The Bertz CT molecular complexity index is 436. The number of rotatable bonds is 5. The Morgan fingerprint density at radius 2 is 2.05 bits per heavy atom. The van der Waals surface area contributed by atoms with Crippen LogP contribution in [0.25, 0.3) is 0 Å². The summed E-state index contributed by atoms with van der Waals surface area (Å²) in [7, 11) is 0. The molecular weight excluding hydrogens is 252 g/mol. The van der Waals surface area contributed by atoms with Crippen molar-refractivity contribution in [3.8, 4) is 0 Å². The zero-order valence-electron chi connectivity index (χ0n) is 12.1. The molecule has 0 spiro atoms. The van der Waals surface area contributed by atoms with E-state index in [0.717, 1.165) is 37.9 Å². The van der Waals surface area contributed by atoms with Crippen molar-refractivity contribution in [1.82, 2.24) is 10.6 Å². The molecule has 1 heterocycles. The highest BCUT2D eigenvalue weighted by molar-refractivity contribution is 5.82. The zero-order valence-corrected chi connectivity index (χ0v) is 12.1. The molecule has 4 heteroatoms. The average Bonchev–Trinajstić information content (AvgIpc) is 2.48. The topological polar surface area (TPSA) is 61.4 Å². The second-order valence-electron chi connectivity index (χ2n) is 5.82. The molecule has 3 N–H and O–H groups in total. The lowest BCUT2D eigenvalue weighted by Gasteiger charge is -2.32. The number of piperidine rings is 1. The molecule has 1 saturated heterocycles. The van der Waals surface area contributed by atoms with E-state index in [2.05, 4.69) is 10.6 Å². The molecule has 0 radical (unpaired) electrons. The lowest BCUT2D eigenvalue weighted by Crippen LogP contribution is -2.49. The van der Waals surface area contributed by atoms with Gasteiger partial charge in [0.15, 0.2) is 0 Å². The number of aliphatic hydroxyl groups is 1. The van der Waals surface area contributed by atoms with Crippen LogP contribution in [0.2, 0.25) is 0 Å². The average molecular weight is 276 g/mol. The van der Waals surface area contributed by atoms with Gasteiger partial charge in [-0.15, -0.1) is 0 Å². The van der Waals surface area contributed by atoms with E-state index in [-0.39, 0.29) is 17.9 Å². The molecule has 4 nitrogen and oxygen atoms in total. The van der Waals surface area contributed by atoms with Gasteiger partial charge < -0.3 is 15.7 Å². The Hall–Kier alpha value is -1.39. The fraction of sp³-hybridized carbons (Fsp3) is 0.562. The number of amides is 1.